The molecule has 2 rings (SSSR count). The summed E-state index contributed by atoms with van der Waals surface area (Å²) in [4.78, 5) is 12.0. The molecule has 1 aromatic heterocycles. The number of nitrogens with one attached hydrogen (secondary N) is 2. The molecule has 2 aromatic rings. The Balaban J connectivity index is 2.31. The van der Waals surface area contributed by atoms with E-state index < -0.39 is 10.0 Å². The molecule has 0 saturated carbocycles. The van der Waals surface area contributed by atoms with Crippen molar-refractivity contribution in [2.24, 2.45) is 0 Å². The van der Waals surface area contributed by atoms with E-state index in [1.165, 1.54) is 31.7 Å². The summed E-state index contributed by atoms with van der Waals surface area (Å²) >= 11 is 0. The van der Waals surface area contributed by atoms with Gasteiger partial charge in [-0.3, -0.25) is 4.79 Å². The van der Waals surface area contributed by atoms with Gasteiger partial charge in [-0.15, -0.1) is 0 Å². The highest BCUT2D eigenvalue weighted by Crippen LogP contribution is 2.20. The molecule has 7 heteroatoms. The topological polar surface area (TPSA) is 88.4 Å². The number of benzene rings is 1. The Bertz CT molecular complexity index is 721. The Morgan fingerprint density at radius 3 is 2.60 bits per heavy atom. The van der Waals surface area contributed by atoms with E-state index in [9.17, 15) is 13.2 Å². The van der Waals surface area contributed by atoms with Crippen molar-refractivity contribution < 1.29 is 17.6 Å². The molecule has 20 heavy (non-hydrogen) atoms. The van der Waals surface area contributed by atoms with E-state index >= 15 is 0 Å². The lowest BCUT2D eigenvalue weighted by atomic mass is 10.2. The molecule has 1 amide bonds. The van der Waals surface area contributed by atoms with Gasteiger partial charge in [0.15, 0.2) is 0 Å². The average Bonchev–Trinajstić information content (AvgIpc) is 2.95. The summed E-state index contributed by atoms with van der Waals surface area (Å²) in [5.41, 5.74) is 1.36. The lowest BCUT2D eigenvalue weighted by molar-refractivity contribution is 0.102. The number of rotatable bonds is 4. The maximum atomic E-state index is 11.9. The summed E-state index contributed by atoms with van der Waals surface area (Å²) < 4.78 is 30.8. The molecule has 106 valence electrons. The molecule has 0 unspecified atom stereocenters. The van der Waals surface area contributed by atoms with Crippen LogP contribution in [0.1, 0.15) is 15.9 Å². The van der Waals surface area contributed by atoms with Crippen LogP contribution in [0, 0.1) is 6.92 Å². The van der Waals surface area contributed by atoms with Crippen LogP contribution >= 0.6 is 0 Å². The highest BCUT2D eigenvalue weighted by Gasteiger charge is 2.16. The minimum Gasteiger partial charge on any atom is -0.472 e. The second kappa shape index (κ2) is 5.48. The number of furan rings is 1. The molecule has 0 aliphatic rings. The minimum atomic E-state index is -3.56. The summed E-state index contributed by atoms with van der Waals surface area (Å²) in [6.07, 6.45) is 2.70. The van der Waals surface area contributed by atoms with E-state index in [0.29, 0.717) is 16.8 Å². The maximum Gasteiger partial charge on any atom is 0.258 e. The summed E-state index contributed by atoms with van der Waals surface area (Å²) in [6.45, 7) is 1.69. The van der Waals surface area contributed by atoms with Crippen LogP contribution in [0.4, 0.5) is 5.69 Å². The third-order valence-electron chi connectivity index (χ3n) is 2.79. The van der Waals surface area contributed by atoms with Crippen LogP contribution in [-0.2, 0) is 10.0 Å². The van der Waals surface area contributed by atoms with Gasteiger partial charge in [0.2, 0.25) is 10.0 Å². The zero-order chi connectivity index (χ0) is 14.8. The van der Waals surface area contributed by atoms with E-state index in [-0.39, 0.29) is 10.8 Å². The lowest BCUT2D eigenvalue weighted by Crippen LogP contribution is -2.20. The van der Waals surface area contributed by atoms with Crippen molar-refractivity contribution in [1.29, 1.82) is 0 Å². The van der Waals surface area contributed by atoms with Crippen LogP contribution in [0.5, 0.6) is 0 Å². The molecule has 0 atom stereocenters. The van der Waals surface area contributed by atoms with Gasteiger partial charge < -0.3 is 9.73 Å². The monoisotopic (exact) mass is 294 g/mol. The molecule has 1 heterocycles. The fourth-order valence-electron chi connectivity index (χ4n) is 1.67. The van der Waals surface area contributed by atoms with Gasteiger partial charge in [0.25, 0.3) is 5.91 Å². The zero-order valence-electron chi connectivity index (χ0n) is 11.0. The van der Waals surface area contributed by atoms with Gasteiger partial charge in [0.05, 0.1) is 16.7 Å². The molecule has 0 fully saturated rings. The lowest BCUT2D eigenvalue weighted by Gasteiger charge is -2.09. The number of hydrogen-bond acceptors (Lipinski definition) is 4. The van der Waals surface area contributed by atoms with Gasteiger partial charge in [-0.1, -0.05) is 6.07 Å². The van der Waals surface area contributed by atoms with E-state index in [0.717, 1.165) is 0 Å². The van der Waals surface area contributed by atoms with E-state index in [1.54, 1.807) is 19.1 Å². The molecular weight excluding hydrogens is 280 g/mol. The first-order valence-electron chi connectivity index (χ1n) is 5.82. The van der Waals surface area contributed by atoms with Crippen molar-refractivity contribution in [2.45, 2.75) is 11.8 Å². The highest BCUT2D eigenvalue weighted by atomic mass is 32.2. The summed E-state index contributed by atoms with van der Waals surface area (Å²) in [7, 11) is -2.22. The third kappa shape index (κ3) is 2.89. The highest BCUT2D eigenvalue weighted by molar-refractivity contribution is 7.89. The summed E-state index contributed by atoms with van der Waals surface area (Å²) in [5.74, 6) is -0.365. The van der Waals surface area contributed by atoms with Crippen molar-refractivity contribution in [1.82, 2.24) is 4.72 Å². The third-order valence-corrected chi connectivity index (χ3v) is 4.34. The van der Waals surface area contributed by atoms with Crippen molar-refractivity contribution >= 4 is 21.6 Å². The molecule has 0 spiro atoms. The summed E-state index contributed by atoms with van der Waals surface area (Å²) in [5, 5.41) is 2.62. The average molecular weight is 294 g/mol. The quantitative estimate of drug-likeness (QED) is 0.899. The molecule has 2 N–H and O–H groups in total. The van der Waals surface area contributed by atoms with Gasteiger partial charge in [0.1, 0.15) is 6.26 Å². The molecule has 0 radical (unpaired) electrons. The van der Waals surface area contributed by atoms with Gasteiger partial charge in [-0.05, 0) is 37.7 Å². The first-order valence-corrected chi connectivity index (χ1v) is 7.30. The largest absolute Gasteiger partial charge is 0.472 e. The van der Waals surface area contributed by atoms with E-state index in [4.69, 9.17) is 4.42 Å². The van der Waals surface area contributed by atoms with Crippen LogP contribution in [0.2, 0.25) is 0 Å². The number of anilines is 1. The van der Waals surface area contributed by atoms with E-state index in [1.807, 2.05) is 0 Å². The van der Waals surface area contributed by atoms with Gasteiger partial charge in [-0.2, -0.15) is 0 Å². The van der Waals surface area contributed by atoms with E-state index in [2.05, 4.69) is 10.0 Å². The molecule has 0 aliphatic carbocycles. The first kappa shape index (κ1) is 14.3. The van der Waals surface area contributed by atoms with Crippen molar-refractivity contribution in [3.63, 3.8) is 0 Å². The Morgan fingerprint density at radius 2 is 2.00 bits per heavy atom. The minimum absolute atomic E-state index is 0.130. The molecule has 0 saturated heterocycles. The van der Waals surface area contributed by atoms with Crippen molar-refractivity contribution in [2.75, 3.05) is 12.4 Å². The van der Waals surface area contributed by atoms with Crippen LogP contribution in [0.25, 0.3) is 0 Å². The molecule has 6 nitrogen and oxygen atoms in total. The predicted octanol–water partition coefficient (Wildman–Crippen LogP) is 1.75. The van der Waals surface area contributed by atoms with Crippen LogP contribution in [0.3, 0.4) is 0 Å². The smallest absolute Gasteiger partial charge is 0.258 e. The molecule has 0 aliphatic heterocycles. The van der Waals surface area contributed by atoms with Crippen LogP contribution < -0.4 is 10.0 Å². The number of aryl methyl sites for hydroxylation is 1. The fraction of sp³-hybridized carbons (Fsp3) is 0.154. The van der Waals surface area contributed by atoms with Gasteiger partial charge in [0, 0.05) is 5.69 Å². The standard InChI is InChI=1S/C13H14N2O4S/c1-9-3-4-11(7-12(9)20(17,18)14-2)15-13(16)10-5-6-19-8-10/h3-8,14H,1-2H3,(H,15,16). The Morgan fingerprint density at radius 1 is 1.25 bits per heavy atom. The number of sulfonamides is 1. The predicted molar refractivity (Wildman–Crippen MR) is 74.1 cm³/mol. The van der Waals surface area contributed by atoms with Crippen molar-refractivity contribution in [3.05, 3.63) is 47.9 Å². The first-order chi connectivity index (χ1) is 9.44. The van der Waals surface area contributed by atoms with Crippen molar-refractivity contribution in [3.8, 4) is 0 Å². The molecule has 0 bridgehead atoms. The Hall–Kier alpha value is -2.12. The number of carbonyl (C=O) groups excluding carboxylic acids is 1. The molecule has 1 aromatic carbocycles. The normalized spacial score (nSPS) is 11.3. The van der Waals surface area contributed by atoms with Crippen LogP contribution in [-0.4, -0.2) is 21.4 Å². The Labute approximate surface area is 116 Å². The second-order valence-corrected chi connectivity index (χ2v) is 6.01. The van der Waals surface area contributed by atoms with Gasteiger partial charge in [-0.25, -0.2) is 13.1 Å². The second-order valence-electron chi connectivity index (χ2n) is 4.15. The zero-order valence-corrected chi connectivity index (χ0v) is 11.8. The Kier molecular flexibility index (Phi) is 3.91. The van der Waals surface area contributed by atoms with Gasteiger partial charge >= 0.3 is 0 Å². The van der Waals surface area contributed by atoms with Crippen LogP contribution in [0.15, 0.2) is 46.1 Å². The number of carbonyl (C=O) groups is 1. The maximum absolute atomic E-state index is 11.9. The number of hydrogen-bond donors (Lipinski definition) is 2. The molecular formula is C13H14N2O4S. The SMILES string of the molecule is CNS(=O)(=O)c1cc(NC(=O)c2ccoc2)ccc1C. The summed E-state index contributed by atoms with van der Waals surface area (Å²) in [6, 6.07) is 6.21. The number of amides is 1. The fourth-order valence-corrected chi connectivity index (χ4v) is 2.67.